The first-order valence-corrected chi connectivity index (χ1v) is 11.1. The fraction of sp³-hybridized carbons (Fsp3) is 0.154. The summed E-state index contributed by atoms with van der Waals surface area (Å²) >= 11 is 0. The van der Waals surface area contributed by atoms with Crippen LogP contribution in [0.5, 0.6) is 0 Å². The maximum atomic E-state index is 13.7. The largest absolute Gasteiger partial charge is 0.417 e. The number of nitrogens with two attached hydrogens (primary N) is 1. The van der Waals surface area contributed by atoms with E-state index in [9.17, 15) is 18.0 Å². The first-order valence-electron chi connectivity index (χ1n) is 11.1. The molecule has 0 aliphatic carbocycles. The van der Waals surface area contributed by atoms with Crippen LogP contribution in [-0.4, -0.2) is 31.0 Å². The number of fused-ring (bicyclic) bond motifs is 2. The molecule has 182 valence electrons. The van der Waals surface area contributed by atoms with Crippen LogP contribution in [0.3, 0.4) is 0 Å². The lowest BCUT2D eigenvalue weighted by Crippen LogP contribution is -2.30. The molecule has 3 aromatic heterocycles. The first kappa shape index (κ1) is 23.3. The molecule has 5 aromatic rings. The minimum absolute atomic E-state index is 0.0161. The van der Waals surface area contributed by atoms with Crippen LogP contribution in [0, 0.1) is 6.92 Å². The number of pyridine rings is 2. The number of H-pyrrole nitrogens is 1. The lowest BCUT2D eigenvalue weighted by Gasteiger charge is -2.23. The minimum atomic E-state index is -4.49. The molecule has 10 heteroatoms. The number of aryl methyl sites for hydroxylation is 1. The molecule has 3 N–H and O–H groups in total. The Labute approximate surface area is 203 Å². The Morgan fingerprint density at radius 3 is 2.64 bits per heavy atom. The molecule has 0 aliphatic rings. The van der Waals surface area contributed by atoms with Gasteiger partial charge in [0.1, 0.15) is 5.82 Å². The van der Waals surface area contributed by atoms with Crippen molar-refractivity contribution in [2.75, 3.05) is 5.73 Å². The van der Waals surface area contributed by atoms with Crippen molar-refractivity contribution in [3.63, 3.8) is 0 Å². The quantitative estimate of drug-likeness (QED) is 0.350. The number of anilines is 1. The number of carbonyl (C=O) groups excluding carboxylic acids is 1. The molecule has 0 aliphatic heterocycles. The summed E-state index contributed by atoms with van der Waals surface area (Å²) in [4.78, 5) is 23.6. The fourth-order valence-electron chi connectivity index (χ4n) is 4.07. The number of alkyl halides is 3. The lowest BCUT2D eigenvalue weighted by atomic mass is 10.1. The molecule has 0 bridgehead atoms. The third-order valence-electron chi connectivity index (χ3n) is 6.02. The third kappa shape index (κ3) is 4.57. The average Bonchev–Trinajstić information content (AvgIpc) is 3.33. The highest BCUT2D eigenvalue weighted by Gasteiger charge is 2.30. The average molecular weight is 490 g/mol. The zero-order valence-electron chi connectivity index (χ0n) is 19.2. The number of halogens is 3. The molecule has 0 radical (unpaired) electrons. The molecule has 7 nitrogen and oxygen atoms in total. The molecule has 0 atom stereocenters. The van der Waals surface area contributed by atoms with Gasteiger partial charge in [-0.25, -0.2) is 4.98 Å². The van der Waals surface area contributed by atoms with Crippen molar-refractivity contribution < 1.29 is 18.0 Å². The van der Waals surface area contributed by atoms with Gasteiger partial charge in [-0.1, -0.05) is 12.1 Å². The number of nitrogens with one attached hydrogen (secondary N) is 1. The van der Waals surface area contributed by atoms with E-state index in [1.807, 2.05) is 31.2 Å². The van der Waals surface area contributed by atoms with Crippen LogP contribution in [0.2, 0.25) is 0 Å². The number of rotatable bonds is 5. The van der Waals surface area contributed by atoms with Crippen molar-refractivity contribution in [1.29, 1.82) is 0 Å². The topological polar surface area (TPSA) is 101 Å². The number of aromatic nitrogens is 4. The number of carbonyl (C=O) groups is 1. The highest BCUT2D eigenvalue weighted by atomic mass is 19.4. The summed E-state index contributed by atoms with van der Waals surface area (Å²) in [7, 11) is 0. The zero-order chi connectivity index (χ0) is 25.4. The van der Waals surface area contributed by atoms with E-state index < -0.39 is 11.7 Å². The van der Waals surface area contributed by atoms with Crippen molar-refractivity contribution in [2.45, 2.75) is 26.2 Å². The summed E-state index contributed by atoms with van der Waals surface area (Å²) in [5.41, 5.74) is 8.93. The van der Waals surface area contributed by atoms with Crippen LogP contribution in [0.4, 0.5) is 19.0 Å². The fourth-order valence-corrected chi connectivity index (χ4v) is 4.07. The molecule has 0 spiro atoms. The zero-order valence-corrected chi connectivity index (χ0v) is 19.2. The number of amides is 1. The Bertz CT molecular complexity index is 1580. The van der Waals surface area contributed by atoms with Crippen molar-refractivity contribution in [3.05, 3.63) is 94.9 Å². The Balaban J connectivity index is 1.51. The van der Waals surface area contributed by atoms with E-state index in [4.69, 9.17) is 5.73 Å². The lowest BCUT2D eigenvalue weighted by molar-refractivity contribution is -0.137. The van der Waals surface area contributed by atoms with Gasteiger partial charge < -0.3 is 10.6 Å². The number of aromatic amines is 1. The van der Waals surface area contributed by atoms with Gasteiger partial charge in [0.15, 0.2) is 0 Å². The Kier molecular flexibility index (Phi) is 5.79. The van der Waals surface area contributed by atoms with E-state index in [1.165, 1.54) is 6.07 Å². The van der Waals surface area contributed by atoms with Gasteiger partial charge in [-0.3, -0.25) is 14.9 Å². The monoisotopic (exact) mass is 490 g/mol. The predicted molar refractivity (Wildman–Crippen MR) is 130 cm³/mol. The maximum Gasteiger partial charge on any atom is 0.417 e. The molecule has 5 rings (SSSR count). The second kappa shape index (κ2) is 8.95. The molecule has 1 amide bonds. The molecule has 0 unspecified atom stereocenters. The standard InChI is InChI=1S/C26H21F3N6O/c1-15-9-18-10-16(5-8-22(18)33-24(15)30)25(36)35(13-17-3-2-4-23-21(17)12-32-34-23)14-20-7-6-19(11-31-20)26(27,28)29/h2-12H,13-14H2,1H3,(H2,30,33)(H,32,34). The van der Waals surface area contributed by atoms with Crippen molar-refractivity contribution >= 4 is 33.5 Å². The minimum Gasteiger partial charge on any atom is -0.383 e. The van der Waals surface area contributed by atoms with Crippen LogP contribution < -0.4 is 5.73 Å². The molecule has 0 saturated heterocycles. The van der Waals surface area contributed by atoms with E-state index in [-0.39, 0.29) is 19.0 Å². The van der Waals surface area contributed by atoms with Crippen LogP contribution in [0.25, 0.3) is 21.8 Å². The van der Waals surface area contributed by atoms with Gasteiger partial charge in [0, 0.05) is 29.1 Å². The summed E-state index contributed by atoms with van der Waals surface area (Å²) in [5.74, 6) is 0.123. The van der Waals surface area contributed by atoms with Crippen LogP contribution in [-0.2, 0) is 19.3 Å². The van der Waals surface area contributed by atoms with Crippen LogP contribution in [0.15, 0.2) is 67.0 Å². The molecule has 2 aromatic carbocycles. The normalized spacial score (nSPS) is 11.8. The van der Waals surface area contributed by atoms with E-state index in [0.29, 0.717) is 22.6 Å². The second-order valence-electron chi connectivity index (χ2n) is 8.54. The van der Waals surface area contributed by atoms with E-state index in [1.54, 1.807) is 29.3 Å². The SMILES string of the molecule is Cc1cc2cc(C(=O)N(Cc3ccc(C(F)(F)F)cn3)Cc3cccc4[nH]ncc34)ccc2nc1N. The van der Waals surface area contributed by atoms with Crippen molar-refractivity contribution in [1.82, 2.24) is 25.1 Å². The Morgan fingerprint density at radius 1 is 1.06 bits per heavy atom. The van der Waals surface area contributed by atoms with Gasteiger partial charge in [-0.2, -0.15) is 18.3 Å². The molecule has 0 fully saturated rings. The van der Waals surface area contributed by atoms with Gasteiger partial charge in [-0.05, 0) is 60.5 Å². The Morgan fingerprint density at radius 2 is 1.89 bits per heavy atom. The van der Waals surface area contributed by atoms with E-state index in [0.717, 1.165) is 39.7 Å². The first-order chi connectivity index (χ1) is 17.2. The number of benzene rings is 2. The number of hydrogen-bond acceptors (Lipinski definition) is 5. The molecular weight excluding hydrogens is 469 g/mol. The maximum absolute atomic E-state index is 13.7. The van der Waals surface area contributed by atoms with Crippen LogP contribution >= 0.6 is 0 Å². The number of nitrogens with zero attached hydrogens (tertiary/aromatic N) is 4. The summed E-state index contributed by atoms with van der Waals surface area (Å²) < 4.78 is 39.0. The summed E-state index contributed by atoms with van der Waals surface area (Å²) in [5, 5.41) is 8.59. The number of hydrogen-bond donors (Lipinski definition) is 2. The smallest absolute Gasteiger partial charge is 0.383 e. The highest BCUT2D eigenvalue weighted by molar-refractivity contribution is 5.98. The van der Waals surface area contributed by atoms with Crippen LogP contribution in [0.1, 0.15) is 32.7 Å². The van der Waals surface area contributed by atoms with Gasteiger partial charge in [0.2, 0.25) is 0 Å². The van der Waals surface area contributed by atoms with Gasteiger partial charge >= 0.3 is 6.18 Å². The highest BCUT2D eigenvalue weighted by Crippen LogP contribution is 2.29. The van der Waals surface area contributed by atoms with Crippen molar-refractivity contribution in [3.8, 4) is 0 Å². The summed E-state index contributed by atoms with van der Waals surface area (Å²) in [6.07, 6.45) is -2.03. The number of nitrogen functional groups attached to an aromatic ring is 1. The van der Waals surface area contributed by atoms with E-state index >= 15 is 0 Å². The van der Waals surface area contributed by atoms with Gasteiger partial charge in [-0.15, -0.1) is 0 Å². The van der Waals surface area contributed by atoms with E-state index in [2.05, 4.69) is 20.2 Å². The molecular formula is C26H21F3N6O. The predicted octanol–water partition coefficient (Wildman–Crippen LogP) is 5.26. The molecule has 3 heterocycles. The Hall–Kier alpha value is -4.47. The van der Waals surface area contributed by atoms with Crippen molar-refractivity contribution in [2.24, 2.45) is 0 Å². The molecule has 36 heavy (non-hydrogen) atoms. The second-order valence-corrected chi connectivity index (χ2v) is 8.54. The summed E-state index contributed by atoms with van der Waals surface area (Å²) in [6, 6.07) is 14.9. The van der Waals surface area contributed by atoms with Gasteiger partial charge in [0.05, 0.1) is 35.0 Å². The van der Waals surface area contributed by atoms with Gasteiger partial charge in [0.25, 0.3) is 5.91 Å². The summed E-state index contributed by atoms with van der Waals surface area (Å²) in [6.45, 7) is 2.06. The third-order valence-corrected chi connectivity index (χ3v) is 6.02. The molecule has 0 saturated carbocycles.